The van der Waals surface area contributed by atoms with Gasteiger partial charge in [-0.15, -0.1) is 0 Å². The van der Waals surface area contributed by atoms with Gasteiger partial charge in [-0.2, -0.15) is 0 Å². The lowest BCUT2D eigenvalue weighted by atomic mass is 9.86. The summed E-state index contributed by atoms with van der Waals surface area (Å²) in [7, 11) is 0. The standard InChI is InChI=1S/C17H22Cl2N2O4/c18-12-4-7-15(14(19)10-12)25-9-1-8-20-17(24)21-13-5-2-11(3-6-13)16(22)23/h4,7,10-11,13H,1-3,5-6,8-9H2,(H,22,23)(H2,20,21,24). The van der Waals surface area contributed by atoms with E-state index in [4.69, 9.17) is 33.0 Å². The molecule has 25 heavy (non-hydrogen) atoms. The average Bonchev–Trinajstić information content (AvgIpc) is 2.56. The quantitative estimate of drug-likeness (QED) is 0.621. The minimum absolute atomic E-state index is 0.0414. The Hall–Kier alpha value is -1.66. The number of hydrogen-bond donors (Lipinski definition) is 3. The van der Waals surface area contributed by atoms with Crippen LogP contribution in [0.25, 0.3) is 0 Å². The smallest absolute Gasteiger partial charge is 0.315 e. The van der Waals surface area contributed by atoms with E-state index in [1.165, 1.54) is 0 Å². The maximum atomic E-state index is 11.8. The summed E-state index contributed by atoms with van der Waals surface area (Å²) in [4.78, 5) is 22.7. The molecule has 1 saturated carbocycles. The van der Waals surface area contributed by atoms with Crippen molar-refractivity contribution in [3.63, 3.8) is 0 Å². The molecule has 2 rings (SSSR count). The summed E-state index contributed by atoms with van der Waals surface area (Å²) in [5, 5.41) is 15.6. The molecule has 0 spiro atoms. The van der Waals surface area contributed by atoms with Crippen LogP contribution >= 0.6 is 23.2 Å². The van der Waals surface area contributed by atoms with Crippen LogP contribution in [0.1, 0.15) is 32.1 Å². The van der Waals surface area contributed by atoms with Crippen LogP contribution in [-0.4, -0.2) is 36.3 Å². The molecule has 1 aliphatic carbocycles. The molecule has 0 aliphatic heterocycles. The number of carbonyl (C=O) groups excluding carboxylic acids is 1. The Morgan fingerprint density at radius 1 is 1.20 bits per heavy atom. The fraction of sp³-hybridized carbons (Fsp3) is 0.529. The van der Waals surface area contributed by atoms with Crippen molar-refractivity contribution in [3.05, 3.63) is 28.2 Å². The molecule has 0 radical (unpaired) electrons. The monoisotopic (exact) mass is 388 g/mol. The van der Waals surface area contributed by atoms with Gasteiger partial charge in [0.15, 0.2) is 0 Å². The second-order valence-corrected chi connectivity index (χ2v) is 6.91. The second kappa shape index (κ2) is 9.73. The highest BCUT2D eigenvalue weighted by Gasteiger charge is 2.26. The van der Waals surface area contributed by atoms with E-state index in [-0.39, 0.29) is 18.0 Å². The minimum Gasteiger partial charge on any atom is -0.492 e. The molecule has 2 amide bonds. The lowest BCUT2D eigenvalue weighted by Crippen LogP contribution is -2.44. The number of urea groups is 1. The van der Waals surface area contributed by atoms with Crippen molar-refractivity contribution in [2.45, 2.75) is 38.1 Å². The van der Waals surface area contributed by atoms with Gasteiger partial charge >= 0.3 is 12.0 Å². The van der Waals surface area contributed by atoms with E-state index >= 15 is 0 Å². The zero-order valence-corrected chi connectivity index (χ0v) is 15.3. The summed E-state index contributed by atoms with van der Waals surface area (Å²) in [6, 6.07) is 4.83. The molecule has 1 aromatic carbocycles. The van der Waals surface area contributed by atoms with Crippen LogP contribution in [0, 0.1) is 5.92 Å². The maximum Gasteiger partial charge on any atom is 0.315 e. The lowest BCUT2D eigenvalue weighted by Gasteiger charge is -2.26. The van der Waals surface area contributed by atoms with E-state index in [2.05, 4.69) is 10.6 Å². The van der Waals surface area contributed by atoms with Gasteiger partial charge in [0.1, 0.15) is 5.75 Å². The van der Waals surface area contributed by atoms with Crippen LogP contribution in [0.5, 0.6) is 5.75 Å². The van der Waals surface area contributed by atoms with Crippen LogP contribution in [0.15, 0.2) is 18.2 Å². The molecular formula is C17H22Cl2N2O4. The predicted octanol–water partition coefficient (Wildman–Crippen LogP) is 3.70. The van der Waals surface area contributed by atoms with E-state index in [0.29, 0.717) is 61.1 Å². The third-order valence-electron chi connectivity index (χ3n) is 4.17. The zero-order chi connectivity index (χ0) is 18.2. The van der Waals surface area contributed by atoms with Gasteiger partial charge in [-0.1, -0.05) is 23.2 Å². The van der Waals surface area contributed by atoms with E-state index in [0.717, 1.165) is 0 Å². The van der Waals surface area contributed by atoms with Gasteiger partial charge in [-0.25, -0.2) is 4.79 Å². The van der Waals surface area contributed by atoms with Crippen molar-refractivity contribution in [1.29, 1.82) is 0 Å². The minimum atomic E-state index is -0.747. The molecule has 0 bridgehead atoms. The Balaban J connectivity index is 1.57. The Labute approximate surface area is 156 Å². The Bertz CT molecular complexity index is 604. The van der Waals surface area contributed by atoms with Crippen molar-refractivity contribution in [1.82, 2.24) is 10.6 Å². The number of nitrogens with one attached hydrogen (secondary N) is 2. The highest BCUT2D eigenvalue weighted by Crippen LogP contribution is 2.27. The molecule has 138 valence electrons. The van der Waals surface area contributed by atoms with E-state index in [1.807, 2.05) is 0 Å². The summed E-state index contributed by atoms with van der Waals surface area (Å²) < 4.78 is 5.54. The summed E-state index contributed by atoms with van der Waals surface area (Å²) in [5.41, 5.74) is 0. The summed E-state index contributed by atoms with van der Waals surface area (Å²) in [6.45, 7) is 0.896. The van der Waals surface area contributed by atoms with E-state index in [9.17, 15) is 9.59 Å². The molecule has 0 aromatic heterocycles. The van der Waals surface area contributed by atoms with E-state index < -0.39 is 5.97 Å². The first-order valence-corrected chi connectivity index (χ1v) is 9.06. The molecule has 1 aromatic rings. The molecule has 0 atom stereocenters. The molecule has 1 fully saturated rings. The third kappa shape index (κ3) is 6.63. The molecular weight excluding hydrogens is 367 g/mol. The third-order valence-corrected chi connectivity index (χ3v) is 4.70. The highest BCUT2D eigenvalue weighted by atomic mass is 35.5. The molecule has 0 unspecified atom stereocenters. The van der Waals surface area contributed by atoms with Crippen LogP contribution < -0.4 is 15.4 Å². The normalized spacial score (nSPS) is 19.9. The lowest BCUT2D eigenvalue weighted by molar-refractivity contribution is -0.142. The summed E-state index contributed by atoms with van der Waals surface area (Å²) >= 11 is 11.8. The highest BCUT2D eigenvalue weighted by molar-refractivity contribution is 6.35. The number of benzene rings is 1. The van der Waals surface area contributed by atoms with Gasteiger partial charge in [0.05, 0.1) is 17.5 Å². The predicted molar refractivity (Wildman–Crippen MR) is 96.5 cm³/mol. The number of carboxylic acids is 1. The van der Waals surface area contributed by atoms with Gasteiger partial charge in [0, 0.05) is 17.6 Å². The van der Waals surface area contributed by atoms with Crippen LogP contribution in [0.2, 0.25) is 10.0 Å². The number of halogens is 2. The van der Waals surface area contributed by atoms with Crippen molar-refractivity contribution < 1.29 is 19.4 Å². The van der Waals surface area contributed by atoms with Crippen molar-refractivity contribution in [3.8, 4) is 5.75 Å². The fourth-order valence-electron chi connectivity index (χ4n) is 2.77. The molecule has 0 heterocycles. The molecule has 0 saturated heterocycles. The Morgan fingerprint density at radius 2 is 1.92 bits per heavy atom. The fourth-order valence-corrected chi connectivity index (χ4v) is 3.23. The van der Waals surface area contributed by atoms with Crippen molar-refractivity contribution >= 4 is 35.2 Å². The van der Waals surface area contributed by atoms with Crippen LogP contribution in [0.3, 0.4) is 0 Å². The summed E-state index contributed by atoms with van der Waals surface area (Å²) in [6.07, 6.45) is 3.25. The second-order valence-electron chi connectivity index (χ2n) is 6.06. The van der Waals surface area contributed by atoms with Gasteiger partial charge in [-0.3, -0.25) is 4.79 Å². The van der Waals surface area contributed by atoms with Crippen molar-refractivity contribution in [2.24, 2.45) is 5.92 Å². The molecule has 3 N–H and O–H groups in total. The Kier molecular flexibility index (Phi) is 7.65. The number of carbonyl (C=O) groups is 2. The average molecular weight is 389 g/mol. The van der Waals surface area contributed by atoms with E-state index in [1.54, 1.807) is 18.2 Å². The SMILES string of the molecule is O=C(NCCCOc1ccc(Cl)cc1Cl)NC1CCC(C(=O)O)CC1. The van der Waals surface area contributed by atoms with Crippen LogP contribution in [-0.2, 0) is 4.79 Å². The first-order valence-electron chi connectivity index (χ1n) is 8.30. The van der Waals surface area contributed by atoms with Crippen LogP contribution in [0.4, 0.5) is 4.79 Å². The number of carboxylic acid groups (broad SMARTS) is 1. The topological polar surface area (TPSA) is 87.7 Å². The largest absolute Gasteiger partial charge is 0.492 e. The molecule has 8 heteroatoms. The van der Waals surface area contributed by atoms with Gasteiger partial charge in [0.25, 0.3) is 0 Å². The molecule has 6 nitrogen and oxygen atoms in total. The number of aliphatic carboxylic acids is 1. The number of hydrogen-bond acceptors (Lipinski definition) is 3. The summed E-state index contributed by atoms with van der Waals surface area (Å²) in [5.74, 6) is -0.465. The number of ether oxygens (including phenoxy) is 1. The maximum absolute atomic E-state index is 11.8. The number of amides is 2. The molecule has 1 aliphatic rings. The van der Waals surface area contributed by atoms with Crippen molar-refractivity contribution in [2.75, 3.05) is 13.2 Å². The van der Waals surface area contributed by atoms with Gasteiger partial charge < -0.3 is 20.5 Å². The first-order chi connectivity index (χ1) is 12.0. The Morgan fingerprint density at radius 3 is 2.56 bits per heavy atom. The number of rotatable bonds is 7. The zero-order valence-electron chi connectivity index (χ0n) is 13.8. The van der Waals surface area contributed by atoms with Gasteiger partial charge in [-0.05, 0) is 50.3 Å². The van der Waals surface area contributed by atoms with Gasteiger partial charge in [0.2, 0.25) is 0 Å². The first kappa shape index (κ1) is 19.7.